The van der Waals surface area contributed by atoms with Crippen molar-refractivity contribution in [3.63, 3.8) is 0 Å². The van der Waals surface area contributed by atoms with Crippen LogP contribution in [0.15, 0.2) is 36.4 Å². The molecular weight excluding hydrogens is 280 g/mol. The molecule has 0 saturated carbocycles. The SMILES string of the molecule is Cc1cc2c(N(C)CCc3ccccc3)nc(N)nc2s1. The van der Waals surface area contributed by atoms with Gasteiger partial charge in [0, 0.05) is 18.5 Å². The fourth-order valence-electron chi connectivity index (χ4n) is 2.38. The van der Waals surface area contributed by atoms with Gasteiger partial charge in [0.2, 0.25) is 5.95 Å². The summed E-state index contributed by atoms with van der Waals surface area (Å²) in [6.45, 7) is 2.97. The lowest BCUT2D eigenvalue weighted by Gasteiger charge is -2.19. The van der Waals surface area contributed by atoms with E-state index >= 15 is 0 Å². The van der Waals surface area contributed by atoms with Gasteiger partial charge in [-0.3, -0.25) is 0 Å². The average Bonchev–Trinajstić information content (AvgIpc) is 2.85. The Balaban J connectivity index is 1.85. The molecule has 3 aromatic rings. The van der Waals surface area contributed by atoms with Gasteiger partial charge in [0.25, 0.3) is 0 Å². The second-order valence-corrected chi connectivity index (χ2v) is 6.37. The Morgan fingerprint density at radius 3 is 2.71 bits per heavy atom. The summed E-state index contributed by atoms with van der Waals surface area (Å²) in [5.41, 5.74) is 7.16. The molecule has 2 heterocycles. The van der Waals surface area contributed by atoms with Crippen LogP contribution in [0, 0.1) is 6.92 Å². The predicted octanol–water partition coefficient (Wildman–Crippen LogP) is 3.26. The second kappa shape index (κ2) is 5.69. The van der Waals surface area contributed by atoms with Gasteiger partial charge in [0.15, 0.2) is 0 Å². The number of rotatable bonds is 4. The molecular formula is C16H18N4S. The van der Waals surface area contributed by atoms with E-state index in [0.29, 0.717) is 5.95 Å². The third-order valence-corrected chi connectivity index (χ3v) is 4.40. The zero-order valence-corrected chi connectivity index (χ0v) is 13.0. The van der Waals surface area contributed by atoms with Crippen LogP contribution in [0.5, 0.6) is 0 Å². The van der Waals surface area contributed by atoms with Gasteiger partial charge in [-0.25, -0.2) is 4.98 Å². The van der Waals surface area contributed by atoms with E-state index in [2.05, 4.69) is 59.2 Å². The van der Waals surface area contributed by atoms with Crippen LogP contribution in [0.1, 0.15) is 10.4 Å². The zero-order chi connectivity index (χ0) is 14.8. The summed E-state index contributed by atoms with van der Waals surface area (Å²) in [6, 6.07) is 12.6. The smallest absolute Gasteiger partial charge is 0.223 e. The van der Waals surface area contributed by atoms with Crippen molar-refractivity contribution in [3.8, 4) is 0 Å². The predicted molar refractivity (Wildman–Crippen MR) is 90.0 cm³/mol. The van der Waals surface area contributed by atoms with Gasteiger partial charge in [-0.1, -0.05) is 30.3 Å². The number of benzene rings is 1. The van der Waals surface area contributed by atoms with Gasteiger partial charge < -0.3 is 10.6 Å². The molecule has 4 nitrogen and oxygen atoms in total. The number of nitrogen functional groups attached to an aromatic ring is 1. The Labute approximate surface area is 128 Å². The van der Waals surface area contributed by atoms with E-state index in [4.69, 9.17) is 5.73 Å². The molecule has 21 heavy (non-hydrogen) atoms. The number of aryl methyl sites for hydroxylation is 1. The first-order chi connectivity index (χ1) is 10.1. The summed E-state index contributed by atoms with van der Waals surface area (Å²) in [6.07, 6.45) is 0.978. The monoisotopic (exact) mass is 298 g/mol. The summed E-state index contributed by atoms with van der Waals surface area (Å²) in [7, 11) is 2.05. The first-order valence-corrected chi connectivity index (χ1v) is 7.74. The van der Waals surface area contributed by atoms with E-state index in [1.807, 2.05) is 6.07 Å². The first kappa shape index (κ1) is 13.8. The molecule has 2 N–H and O–H groups in total. The molecule has 0 bridgehead atoms. The van der Waals surface area contributed by atoms with Crippen LogP contribution in [0.4, 0.5) is 11.8 Å². The molecule has 0 saturated heterocycles. The molecule has 0 unspecified atom stereocenters. The number of likely N-dealkylation sites (N-methyl/N-ethyl adjacent to an activating group) is 1. The molecule has 0 aliphatic carbocycles. The van der Waals surface area contributed by atoms with E-state index in [1.54, 1.807) is 11.3 Å². The lowest BCUT2D eigenvalue weighted by atomic mass is 10.1. The van der Waals surface area contributed by atoms with Crippen molar-refractivity contribution < 1.29 is 0 Å². The van der Waals surface area contributed by atoms with Crippen molar-refractivity contribution in [3.05, 3.63) is 46.8 Å². The maximum Gasteiger partial charge on any atom is 0.223 e. The Morgan fingerprint density at radius 2 is 1.95 bits per heavy atom. The number of nitrogens with zero attached hydrogens (tertiary/aromatic N) is 3. The molecule has 5 heteroatoms. The number of anilines is 2. The molecule has 0 spiro atoms. The third-order valence-electron chi connectivity index (χ3n) is 3.45. The van der Waals surface area contributed by atoms with Gasteiger partial charge in [0.05, 0.1) is 5.39 Å². The van der Waals surface area contributed by atoms with Crippen LogP contribution in [0.25, 0.3) is 10.2 Å². The summed E-state index contributed by atoms with van der Waals surface area (Å²) in [5, 5.41) is 1.09. The van der Waals surface area contributed by atoms with Crippen LogP contribution in [-0.4, -0.2) is 23.6 Å². The molecule has 0 fully saturated rings. The summed E-state index contributed by atoms with van der Waals surface area (Å²) in [5.74, 6) is 1.25. The van der Waals surface area contributed by atoms with E-state index in [-0.39, 0.29) is 0 Å². The maximum atomic E-state index is 5.84. The largest absolute Gasteiger partial charge is 0.368 e. The number of fused-ring (bicyclic) bond motifs is 1. The topological polar surface area (TPSA) is 55.0 Å². The fourth-order valence-corrected chi connectivity index (χ4v) is 3.26. The highest BCUT2D eigenvalue weighted by molar-refractivity contribution is 7.18. The highest BCUT2D eigenvalue weighted by Gasteiger charge is 2.12. The molecule has 1 aromatic carbocycles. The van der Waals surface area contributed by atoms with Crippen LogP contribution >= 0.6 is 11.3 Å². The maximum absolute atomic E-state index is 5.84. The van der Waals surface area contributed by atoms with Crippen LogP contribution in [0.2, 0.25) is 0 Å². The Morgan fingerprint density at radius 1 is 1.19 bits per heavy atom. The van der Waals surface area contributed by atoms with Gasteiger partial charge in [-0.05, 0) is 25.0 Å². The minimum Gasteiger partial charge on any atom is -0.368 e. The Hall–Kier alpha value is -2.14. The number of hydrogen-bond donors (Lipinski definition) is 1. The molecule has 3 rings (SSSR count). The third kappa shape index (κ3) is 2.97. The van der Waals surface area contributed by atoms with Gasteiger partial charge in [-0.15, -0.1) is 11.3 Å². The Kier molecular flexibility index (Phi) is 3.75. The lowest BCUT2D eigenvalue weighted by molar-refractivity contribution is 0.864. The van der Waals surface area contributed by atoms with Crippen molar-refractivity contribution in [1.82, 2.24) is 9.97 Å². The molecule has 0 aliphatic heterocycles. The zero-order valence-electron chi connectivity index (χ0n) is 12.2. The van der Waals surface area contributed by atoms with Crippen molar-refractivity contribution >= 4 is 33.3 Å². The van der Waals surface area contributed by atoms with E-state index < -0.39 is 0 Å². The Bertz CT molecular complexity index is 752. The van der Waals surface area contributed by atoms with Crippen LogP contribution < -0.4 is 10.6 Å². The van der Waals surface area contributed by atoms with E-state index in [1.165, 1.54) is 10.4 Å². The number of thiophene rings is 1. The standard InChI is InChI=1S/C16H18N4S/c1-11-10-13-14(18-16(17)19-15(13)21-11)20(2)9-8-12-6-4-3-5-7-12/h3-7,10H,8-9H2,1-2H3,(H2,17,18,19). The molecule has 0 atom stereocenters. The second-order valence-electron chi connectivity index (χ2n) is 5.14. The van der Waals surface area contributed by atoms with Crippen LogP contribution in [0.3, 0.4) is 0 Å². The van der Waals surface area contributed by atoms with Gasteiger partial charge in [-0.2, -0.15) is 4.98 Å². The van der Waals surface area contributed by atoms with Gasteiger partial charge >= 0.3 is 0 Å². The van der Waals surface area contributed by atoms with Crippen molar-refractivity contribution in [2.24, 2.45) is 0 Å². The minimum absolute atomic E-state index is 0.339. The number of hydrogen-bond acceptors (Lipinski definition) is 5. The molecule has 108 valence electrons. The average molecular weight is 298 g/mol. The first-order valence-electron chi connectivity index (χ1n) is 6.92. The lowest BCUT2D eigenvalue weighted by Crippen LogP contribution is -2.22. The quantitative estimate of drug-likeness (QED) is 0.803. The molecule has 0 radical (unpaired) electrons. The molecule has 0 aliphatic rings. The van der Waals surface area contributed by atoms with Crippen molar-refractivity contribution in [2.45, 2.75) is 13.3 Å². The van der Waals surface area contributed by atoms with Crippen molar-refractivity contribution in [2.75, 3.05) is 24.2 Å². The van der Waals surface area contributed by atoms with Crippen molar-refractivity contribution in [1.29, 1.82) is 0 Å². The van der Waals surface area contributed by atoms with E-state index in [0.717, 1.165) is 29.0 Å². The van der Waals surface area contributed by atoms with E-state index in [9.17, 15) is 0 Å². The summed E-state index contributed by atoms with van der Waals surface area (Å²) in [4.78, 5) is 13.1. The minimum atomic E-state index is 0.339. The molecule has 0 amide bonds. The molecule has 2 aromatic heterocycles. The van der Waals surface area contributed by atoms with Crippen LogP contribution in [-0.2, 0) is 6.42 Å². The summed E-state index contributed by atoms with van der Waals surface area (Å²) < 4.78 is 0. The van der Waals surface area contributed by atoms with Gasteiger partial charge in [0.1, 0.15) is 10.6 Å². The highest BCUT2D eigenvalue weighted by atomic mass is 32.1. The summed E-state index contributed by atoms with van der Waals surface area (Å²) >= 11 is 1.65. The number of aromatic nitrogens is 2. The fraction of sp³-hybridized carbons (Fsp3) is 0.250. The normalized spacial score (nSPS) is 11.0. The highest BCUT2D eigenvalue weighted by Crippen LogP contribution is 2.30. The number of nitrogens with two attached hydrogens (primary N) is 1.